The highest BCUT2D eigenvalue weighted by molar-refractivity contribution is 6.39. The molecule has 7 rings (SSSR count). The van der Waals surface area contributed by atoms with Crippen LogP contribution in [0.2, 0.25) is 10.0 Å². The highest BCUT2D eigenvalue weighted by Crippen LogP contribution is 2.42. The lowest BCUT2D eigenvalue weighted by Crippen LogP contribution is -2.54. The van der Waals surface area contributed by atoms with E-state index in [1.54, 1.807) is 26.6 Å². The van der Waals surface area contributed by atoms with Crippen LogP contribution in [-0.4, -0.2) is 81.6 Å². The van der Waals surface area contributed by atoms with Crippen LogP contribution in [0.3, 0.4) is 0 Å². The summed E-state index contributed by atoms with van der Waals surface area (Å²) in [6, 6.07) is 11.1. The lowest BCUT2D eigenvalue weighted by Gasteiger charge is -2.36. The predicted molar refractivity (Wildman–Crippen MR) is 195 cm³/mol. The van der Waals surface area contributed by atoms with Crippen LogP contribution in [0.15, 0.2) is 48.8 Å². The summed E-state index contributed by atoms with van der Waals surface area (Å²) < 4.78 is 11.3. The van der Waals surface area contributed by atoms with Gasteiger partial charge in [0.1, 0.15) is 16.9 Å². The maximum atomic E-state index is 12.4. The molecule has 3 N–H and O–H groups in total. The molecular weight excluding hydrogens is 707 g/mol. The van der Waals surface area contributed by atoms with Gasteiger partial charge in [0.25, 0.3) is 5.91 Å². The Morgan fingerprint density at radius 1 is 0.846 bits per heavy atom. The molecule has 52 heavy (non-hydrogen) atoms. The maximum Gasteiger partial charge on any atom is 0.322 e. The molecule has 0 aliphatic carbocycles. The lowest BCUT2D eigenvalue weighted by molar-refractivity contribution is -0.125. The Morgan fingerprint density at radius 3 is 1.96 bits per heavy atom. The topological polar surface area (TPSA) is 161 Å². The van der Waals surface area contributed by atoms with Crippen molar-refractivity contribution in [2.75, 3.05) is 27.3 Å². The van der Waals surface area contributed by atoms with Crippen LogP contribution in [-0.2, 0) is 22.6 Å². The molecular formula is C37H38Cl2N8O5. The number of carbonyl (C=O) groups is 3. The first kappa shape index (κ1) is 35.5. The van der Waals surface area contributed by atoms with Crippen molar-refractivity contribution in [2.24, 2.45) is 0 Å². The van der Waals surface area contributed by atoms with Crippen molar-refractivity contribution in [3.8, 4) is 45.4 Å². The molecule has 2 aromatic heterocycles. The predicted octanol–water partition coefficient (Wildman–Crippen LogP) is 5.37. The van der Waals surface area contributed by atoms with E-state index in [1.807, 2.05) is 36.4 Å². The highest BCUT2D eigenvalue weighted by atomic mass is 35.5. The Balaban J connectivity index is 1.08. The average molecular weight is 746 g/mol. The number of hydrogen-bond acceptors (Lipinski definition) is 10. The summed E-state index contributed by atoms with van der Waals surface area (Å²) >= 11 is 14.2. The van der Waals surface area contributed by atoms with Gasteiger partial charge in [-0.05, 0) is 38.5 Å². The van der Waals surface area contributed by atoms with Crippen molar-refractivity contribution in [3.63, 3.8) is 0 Å². The third-order valence-electron chi connectivity index (χ3n) is 10.00. The van der Waals surface area contributed by atoms with Crippen molar-refractivity contribution < 1.29 is 23.9 Å². The number of carbonyl (C=O) groups excluding carboxylic acids is 3. The monoisotopic (exact) mass is 744 g/mol. The van der Waals surface area contributed by atoms with Gasteiger partial charge in [0.2, 0.25) is 17.7 Å². The number of nitrogens with one attached hydrogen (secondary N) is 3. The van der Waals surface area contributed by atoms with Gasteiger partial charge in [-0.25, -0.2) is 14.8 Å². The largest absolute Gasteiger partial charge is 0.480 e. The Labute approximate surface area is 310 Å². The quantitative estimate of drug-likeness (QED) is 0.171. The Bertz CT molecular complexity index is 2040. The molecule has 1 spiro atoms. The van der Waals surface area contributed by atoms with Crippen molar-refractivity contribution in [1.29, 1.82) is 0 Å². The van der Waals surface area contributed by atoms with Crippen LogP contribution in [0.1, 0.15) is 49.9 Å². The van der Waals surface area contributed by atoms with Gasteiger partial charge in [-0.2, -0.15) is 0 Å². The van der Waals surface area contributed by atoms with Gasteiger partial charge in [-0.3, -0.25) is 29.8 Å². The minimum Gasteiger partial charge on any atom is -0.480 e. The molecule has 3 fully saturated rings. The van der Waals surface area contributed by atoms with Crippen LogP contribution in [0.25, 0.3) is 33.6 Å². The van der Waals surface area contributed by atoms with E-state index in [2.05, 4.69) is 25.8 Å². The lowest BCUT2D eigenvalue weighted by atomic mass is 9.87. The molecule has 0 unspecified atom stereocenters. The van der Waals surface area contributed by atoms with Crippen molar-refractivity contribution >= 4 is 41.0 Å². The summed E-state index contributed by atoms with van der Waals surface area (Å²) in [7, 11) is 3.12. The molecule has 3 aliphatic rings. The van der Waals surface area contributed by atoms with Gasteiger partial charge >= 0.3 is 6.03 Å². The smallest absolute Gasteiger partial charge is 0.322 e. The van der Waals surface area contributed by atoms with Gasteiger partial charge in [0.15, 0.2) is 0 Å². The minimum atomic E-state index is -0.848. The molecule has 3 aliphatic heterocycles. The van der Waals surface area contributed by atoms with Crippen LogP contribution in [0.5, 0.6) is 11.8 Å². The van der Waals surface area contributed by atoms with Crippen molar-refractivity contribution in [3.05, 3.63) is 70.2 Å². The summed E-state index contributed by atoms with van der Waals surface area (Å²) in [6.45, 7) is 1.66. The van der Waals surface area contributed by atoms with E-state index in [-0.39, 0.29) is 17.9 Å². The summed E-state index contributed by atoms with van der Waals surface area (Å²) in [4.78, 5) is 56.7. The average Bonchev–Trinajstić information content (AvgIpc) is 3.69. The summed E-state index contributed by atoms with van der Waals surface area (Å²) in [5.41, 5.74) is 4.39. The number of urea groups is 1. The number of aryl methyl sites for hydroxylation is 1. The molecule has 0 radical (unpaired) electrons. The number of nitrogens with zero attached hydrogens (tertiary/aromatic N) is 5. The molecule has 13 nitrogen and oxygen atoms in total. The number of hydrogen-bond donors (Lipinski definition) is 3. The number of aromatic nitrogens is 4. The highest BCUT2D eigenvalue weighted by Gasteiger charge is 2.47. The van der Waals surface area contributed by atoms with Crippen LogP contribution in [0.4, 0.5) is 4.79 Å². The second-order valence-electron chi connectivity index (χ2n) is 13.2. The van der Waals surface area contributed by atoms with E-state index in [1.165, 1.54) is 0 Å². The summed E-state index contributed by atoms with van der Waals surface area (Å²) in [6.07, 6.45) is 8.22. The second-order valence-corrected chi connectivity index (χ2v) is 14.0. The zero-order chi connectivity index (χ0) is 36.4. The van der Waals surface area contributed by atoms with Crippen LogP contribution >= 0.6 is 23.2 Å². The molecule has 1 atom stereocenters. The van der Waals surface area contributed by atoms with Gasteiger partial charge in [0.05, 0.1) is 48.0 Å². The molecule has 15 heteroatoms. The number of benzene rings is 2. The van der Waals surface area contributed by atoms with E-state index in [9.17, 15) is 14.4 Å². The van der Waals surface area contributed by atoms with Crippen LogP contribution < -0.4 is 25.4 Å². The molecule has 2 aromatic carbocycles. The fraction of sp³-hybridized carbons (Fsp3) is 0.378. The van der Waals surface area contributed by atoms with Gasteiger partial charge in [-0.15, -0.1) is 0 Å². The molecule has 270 valence electrons. The fourth-order valence-corrected chi connectivity index (χ4v) is 7.78. The van der Waals surface area contributed by atoms with Gasteiger partial charge < -0.3 is 20.1 Å². The Kier molecular flexibility index (Phi) is 10.3. The normalized spacial score (nSPS) is 18.3. The molecule has 0 bridgehead atoms. The number of piperidine rings is 1. The van der Waals surface area contributed by atoms with Gasteiger partial charge in [0, 0.05) is 54.4 Å². The number of ether oxygens (including phenoxy) is 2. The number of amides is 4. The third kappa shape index (κ3) is 7.12. The SMILES string of the molecule is COc1nc(-c2cccc(-c3cccc(-c4cnc(CN5CCC6(CC5)NC(=O)NC6=O)c(OC)n4)c3Cl)c2Cl)cnc1CCC[C@@H]1CCC(=O)N1. The fourth-order valence-electron chi connectivity index (χ4n) is 7.13. The van der Waals surface area contributed by atoms with E-state index >= 15 is 0 Å². The first-order valence-corrected chi connectivity index (χ1v) is 18.0. The molecule has 4 amide bonds. The molecule has 3 saturated heterocycles. The van der Waals surface area contributed by atoms with Crippen molar-refractivity contribution in [1.82, 2.24) is 40.8 Å². The third-order valence-corrected chi connectivity index (χ3v) is 10.8. The minimum absolute atomic E-state index is 0.114. The standard InChI is InChI=1S/C37H38Cl2N8O5/c1-51-33-26(11-3-6-21-12-13-30(48)42-21)40-18-27(43-33)24-9-4-7-22(31(24)38)23-8-5-10-25(32(23)39)28-19-41-29(34(44-28)52-2)20-47-16-14-37(15-17-47)35(49)45-36(50)46-37/h4-5,7-10,18-19,21H,3,6,11-17,20H2,1-2H3,(H,42,48)(H2,45,46,49,50)/t21-/m1/s1. The number of halogens is 2. The first-order valence-electron chi connectivity index (χ1n) is 17.2. The van der Waals surface area contributed by atoms with Crippen molar-refractivity contribution in [2.45, 2.75) is 63.1 Å². The molecule has 5 heterocycles. The van der Waals surface area contributed by atoms with E-state index in [4.69, 9.17) is 47.6 Å². The number of methoxy groups -OCH3 is 2. The Morgan fingerprint density at radius 2 is 1.42 bits per heavy atom. The number of likely N-dealkylation sites (tertiary alicyclic amines) is 1. The first-order chi connectivity index (χ1) is 25.2. The van der Waals surface area contributed by atoms with E-state index < -0.39 is 11.6 Å². The van der Waals surface area contributed by atoms with Gasteiger partial charge in [-0.1, -0.05) is 59.6 Å². The summed E-state index contributed by atoms with van der Waals surface area (Å²) in [5.74, 6) is 0.647. The molecule has 0 saturated carbocycles. The molecule has 4 aromatic rings. The summed E-state index contributed by atoms with van der Waals surface area (Å²) in [5, 5.41) is 9.05. The number of rotatable bonds is 11. The zero-order valence-electron chi connectivity index (χ0n) is 28.8. The second kappa shape index (κ2) is 15.0. The zero-order valence-corrected chi connectivity index (χ0v) is 30.3. The maximum absolute atomic E-state index is 12.4. The van der Waals surface area contributed by atoms with E-state index in [0.717, 1.165) is 25.0 Å². The van der Waals surface area contributed by atoms with E-state index in [0.29, 0.717) is 106 Å². The Hall–Kier alpha value is -4.85. The van der Waals surface area contributed by atoms with Crippen LogP contribution in [0, 0.1) is 0 Å². The number of imide groups is 1.